The van der Waals surface area contributed by atoms with Gasteiger partial charge in [-0.1, -0.05) is 23.7 Å². The molecule has 0 saturated carbocycles. The lowest BCUT2D eigenvalue weighted by Crippen LogP contribution is -2.22. The predicted molar refractivity (Wildman–Crippen MR) is 73.2 cm³/mol. The van der Waals surface area contributed by atoms with Crippen LogP contribution in [0.5, 0.6) is 0 Å². The highest BCUT2D eigenvalue weighted by atomic mass is 35.5. The molecule has 1 aliphatic rings. The summed E-state index contributed by atoms with van der Waals surface area (Å²) in [5.41, 5.74) is 1.12. The fourth-order valence-electron chi connectivity index (χ4n) is 2.48. The molecule has 2 aromatic rings. The van der Waals surface area contributed by atoms with Crippen molar-refractivity contribution in [2.45, 2.75) is 25.8 Å². The molecule has 2 heterocycles. The van der Waals surface area contributed by atoms with Gasteiger partial charge in [-0.2, -0.15) is 5.10 Å². The molecule has 0 fully saturated rings. The van der Waals surface area contributed by atoms with Crippen LogP contribution >= 0.6 is 11.6 Å². The number of benzene rings is 1. The van der Waals surface area contributed by atoms with Crippen molar-refractivity contribution in [3.05, 3.63) is 46.5 Å². The van der Waals surface area contributed by atoms with Gasteiger partial charge in [0.25, 0.3) is 0 Å². The standard InChI is InChI=1S/C14H16ClN3O/c15-12-3-1-2-10(6-12)7-13-16-14-8-11(9-19)4-5-18(14)17-13/h1-3,6,11,19H,4-5,7-9H2. The molecule has 0 amide bonds. The minimum absolute atomic E-state index is 0.233. The first-order valence-corrected chi connectivity index (χ1v) is 6.90. The minimum atomic E-state index is 0.233. The molecular formula is C14H16ClN3O. The molecule has 1 atom stereocenters. The highest BCUT2D eigenvalue weighted by molar-refractivity contribution is 6.30. The molecular weight excluding hydrogens is 262 g/mol. The van der Waals surface area contributed by atoms with E-state index in [2.05, 4.69) is 10.1 Å². The Bertz CT molecular complexity index is 582. The third-order valence-corrected chi connectivity index (χ3v) is 3.76. The maximum absolute atomic E-state index is 9.22. The van der Waals surface area contributed by atoms with Gasteiger partial charge in [-0.25, -0.2) is 9.67 Å². The summed E-state index contributed by atoms with van der Waals surface area (Å²) in [6.07, 6.45) is 2.49. The smallest absolute Gasteiger partial charge is 0.155 e. The molecule has 1 aliphatic heterocycles. The Hall–Kier alpha value is -1.39. The minimum Gasteiger partial charge on any atom is -0.396 e. The van der Waals surface area contributed by atoms with Crippen molar-refractivity contribution in [1.82, 2.24) is 14.8 Å². The number of aliphatic hydroxyl groups is 1. The SMILES string of the molecule is OCC1CCn2nc(Cc3cccc(Cl)c3)nc2C1. The maximum Gasteiger partial charge on any atom is 0.155 e. The molecule has 100 valence electrons. The Morgan fingerprint density at radius 2 is 2.32 bits per heavy atom. The average Bonchev–Trinajstić information content (AvgIpc) is 2.79. The fourth-order valence-corrected chi connectivity index (χ4v) is 2.69. The number of fused-ring (bicyclic) bond motifs is 1. The predicted octanol–water partition coefficient (Wildman–Crippen LogP) is 2.08. The second-order valence-corrected chi connectivity index (χ2v) is 5.45. The molecule has 3 rings (SSSR count). The van der Waals surface area contributed by atoms with Gasteiger partial charge in [0.05, 0.1) is 0 Å². The van der Waals surface area contributed by atoms with Crippen LogP contribution in [0.2, 0.25) is 5.02 Å². The summed E-state index contributed by atoms with van der Waals surface area (Å²) in [6, 6.07) is 7.78. The van der Waals surface area contributed by atoms with Crippen LogP contribution in [0.4, 0.5) is 0 Å². The normalized spacial score (nSPS) is 18.3. The lowest BCUT2D eigenvalue weighted by Gasteiger charge is -2.19. The van der Waals surface area contributed by atoms with Crippen LogP contribution in [-0.4, -0.2) is 26.5 Å². The summed E-state index contributed by atoms with van der Waals surface area (Å²) in [5.74, 6) is 2.15. The molecule has 1 N–H and O–H groups in total. The molecule has 1 unspecified atom stereocenters. The molecule has 0 saturated heterocycles. The van der Waals surface area contributed by atoms with E-state index in [0.29, 0.717) is 12.3 Å². The van der Waals surface area contributed by atoms with E-state index in [-0.39, 0.29) is 6.61 Å². The van der Waals surface area contributed by atoms with Gasteiger partial charge in [-0.15, -0.1) is 0 Å². The Morgan fingerprint density at radius 1 is 1.42 bits per heavy atom. The molecule has 4 nitrogen and oxygen atoms in total. The highest BCUT2D eigenvalue weighted by Crippen LogP contribution is 2.19. The molecule has 0 spiro atoms. The van der Waals surface area contributed by atoms with Crippen LogP contribution in [0, 0.1) is 5.92 Å². The molecule has 1 aromatic carbocycles. The zero-order valence-electron chi connectivity index (χ0n) is 10.6. The Morgan fingerprint density at radius 3 is 3.11 bits per heavy atom. The lowest BCUT2D eigenvalue weighted by molar-refractivity contribution is 0.196. The monoisotopic (exact) mass is 277 g/mol. The summed E-state index contributed by atoms with van der Waals surface area (Å²) in [6.45, 7) is 1.08. The number of hydrogen-bond acceptors (Lipinski definition) is 3. The van der Waals surface area contributed by atoms with E-state index in [0.717, 1.165) is 41.6 Å². The maximum atomic E-state index is 9.22. The number of aryl methyl sites for hydroxylation is 1. The Kier molecular flexibility index (Phi) is 3.53. The molecule has 0 aliphatic carbocycles. The van der Waals surface area contributed by atoms with Crippen molar-refractivity contribution in [2.75, 3.05) is 6.61 Å². The van der Waals surface area contributed by atoms with Crippen molar-refractivity contribution < 1.29 is 5.11 Å². The van der Waals surface area contributed by atoms with Crippen LogP contribution in [0.25, 0.3) is 0 Å². The van der Waals surface area contributed by atoms with E-state index in [9.17, 15) is 5.11 Å². The zero-order chi connectivity index (χ0) is 13.2. The Labute approximate surface area is 117 Å². The molecule has 5 heteroatoms. The Balaban J connectivity index is 1.78. The van der Waals surface area contributed by atoms with E-state index in [1.165, 1.54) is 0 Å². The third-order valence-electron chi connectivity index (χ3n) is 3.52. The van der Waals surface area contributed by atoms with Gasteiger partial charge in [-0.3, -0.25) is 0 Å². The van der Waals surface area contributed by atoms with Gasteiger partial charge in [0.15, 0.2) is 5.82 Å². The summed E-state index contributed by atoms with van der Waals surface area (Å²) < 4.78 is 1.96. The number of nitrogens with zero attached hydrogens (tertiary/aromatic N) is 3. The van der Waals surface area contributed by atoms with E-state index < -0.39 is 0 Å². The van der Waals surface area contributed by atoms with Crippen LogP contribution in [0.15, 0.2) is 24.3 Å². The van der Waals surface area contributed by atoms with Crippen LogP contribution in [0.3, 0.4) is 0 Å². The van der Waals surface area contributed by atoms with Gasteiger partial charge in [0, 0.05) is 31.0 Å². The number of aromatic nitrogens is 3. The summed E-state index contributed by atoms with van der Waals surface area (Å²) in [7, 11) is 0. The van der Waals surface area contributed by atoms with E-state index in [1.807, 2.05) is 28.9 Å². The first-order valence-electron chi connectivity index (χ1n) is 6.52. The van der Waals surface area contributed by atoms with Gasteiger partial charge < -0.3 is 5.11 Å². The third kappa shape index (κ3) is 2.80. The van der Waals surface area contributed by atoms with Crippen molar-refractivity contribution in [1.29, 1.82) is 0 Å². The topological polar surface area (TPSA) is 50.9 Å². The van der Waals surface area contributed by atoms with Crippen LogP contribution < -0.4 is 0 Å². The van der Waals surface area contributed by atoms with Crippen LogP contribution in [-0.2, 0) is 19.4 Å². The van der Waals surface area contributed by atoms with Crippen molar-refractivity contribution in [2.24, 2.45) is 5.92 Å². The van der Waals surface area contributed by atoms with E-state index >= 15 is 0 Å². The molecule has 19 heavy (non-hydrogen) atoms. The van der Waals surface area contributed by atoms with E-state index in [4.69, 9.17) is 11.6 Å². The first kappa shape index (κ1) is 12.6. The summed E-state index contributed by atoms with van der Waals surface area (Å²) in [5, 5.41) is 14.5. The molecule has 1 aromatic heterocycles. The zero-order valence-corrected chi connectivity index (χ0v) is 11.3. The number of aliphatic hydroxyl groups excluding tert-OH is 1. The second kappa shape index (κ2) is 5.31. The van der Waals surface area contributed by atoms with Crippen molar-refractivity contribution in [3.8, 4) is 0 Å². The summed E-state index contributed by atoms with van der Waals surface area (Å²) in [4.78, 5) is 4.57. The second-order valence-electron chi connectivity index (χ2n) is 5.02. The van der Waals surface area contributed by atoms with Gasteiger partial charge in [0.1, 0.15) is 5.82 Å². The summed E-state index contributed by atoms with van der Waals surface area (Å²) >= 11 is 5.98. The van der Waals surface area contributed by atoms with Crippen molar-refractivity contribution in [3.63, 3.8) is 0 Å². The number of hydrogen-bond donors (Lipinski definition) is 1. The average molecular weight is 278 g/mol. The quantitative estimate of drug-likeness (QED) is 0.934. The van der Waals surface area contributed by atoms with Gasteiger partial charge in [-0.05, 0) is 30.0 Å². The largest absolute Gasteiger partial charge is 0.396 e. The number of halogens is 1. The molecule has 0 radical (unpaired) electrons. The molecule has 0 bridgehead atoms. The first-order chi connectivity index (χ1) is 9.24. The number of rotatable bonds is 3. The lowest BCUT2D eigenvalue weighted by atomic mass is 9.99. The fraction of sp³-hybridized carbons (Fsp3) is 0.429. The highest BCUT2D eigenvalue weighted by Gasteiger charge is 2.21. The van der Waals surface area contributed by atoms with Gasteiger partial charge in [0.2, 0.25) is 0 Å². The van der Waals surface area contributed by atoms with Gasteiger partial charge >= 0.3 is 0 Å². The van der Waals surface area contributed by atoms with Crippen LogP contribution in [0.1, 0.15) is 23.6 Å². The van der Waals surface area contributed by atoms with E-state index in [1.54, 1.807) is 0 Å². The van der Waals surface area contributed by atoms with Crippen molar-refractivity contribution >= 4 is 11.6 Å².